The van der Waals surface area contributed by atoms with Crippen LogP contribution in [0.4, 0.5) is 17.1 Å². The third-order valence-electron chi connectivity index (χ3n) is 14.8. The number of para-hydroxylation sites is 2. The van der Waals surface area contributed by atoms with Crippen LogP contribution in [0.25, 0.3) is 56.4 Å². The van der Waals surface area contributed by atoms with Crippen LogP contribution in [0.5, 0.6) is 0 Å². The molecule has 3 aliphatic rings. The van der Waals surface area contributed by atoms with Gasteiger partial charge >= 0.3 is 0 Å². The molecule has 2 aliphatic carbocycles. The summed E-state index contributed by atoms with van der Waals surface area (Å²) in [6, 6.07) is 92.8. The summed E-state index contributed by atoms with van der Waals surface area (Å²) in [5.74, 6) is 1.92. The summed E-state index contributed by atoms with van der Waals surface area (Å²) >= 11 is 0. The van der Waals surface area contributed by atoms with E-state index in [0.717, 1.165) is 33.8 Å². The average molecular weight is 879 g/mol. The predicted molar refractivity (Wildman–Crippen MR) is 279 cm³/mol. The Balaban J connectivity index is 1.09. The SMILES string of the molecule is c1ccc(-c2nc(-c3ccccc3)nc(-c3ccc4c(c3)C3(c5ccccc5-4)c4ccccc4-c4cc5c(cc43)N(c3ccccc3)c3ccccc3C5(c3ccccc3)c3ccccc3)n2)cc1. The molecule has 69 heavy (non-hydrogen) atoms. The number of rotatable bonds is 6. The van der Waals surface area contributed by atoms with Gasteiger partial charge in [0.2, 0.25) is 0 Å². The minimum Gasteiger partial charge on any atom is -0.310 e. The first kappa shape index (κ1) is 39.2. The number of nitrogens with zero attached hydrogens (tertiary/aromatic N) is 4. The van der Waals surface area contributed by atoms with E-state index in [2.05, 4.69) is 223 Å². The van der Waals surface area contributed by atoms with Gasteiger partial charge in [-0.05, 0) is 103 Å². The monoisotopic (exact) mass is 878 g/mol. The third-order valence-corrected chi connectivity index (χ3v) is 14.8. The van der Waals surface area contributed by atoms with Crippen LogP contribution in [0.2, 0.25) is 0 Å². The van der Waals surface area contributed by atoms with E-state index >= 15 is 0 Å². The van der Waals surface area contributed by atoms with Gasteiger partial charge in [0.15, 0.2) is 17.5 Å². The zero-order chi connectivity index (χ0) is 45.5. The van der Waals surface area contributed by atoms with Crippen LogP contribution in [0.3, 0.4) is 0 Å². The Bertz CT molecular complexity index is 3680. The van der Waals surface area contributed by atoms with Crippen LogP contribution in [0.1, 0.15) is 44.5 Å². The first-order valence-corrected chi connectivity index (χ1v) is 23.7. The molecule has 322 valence electrons. The van der Waals surface area contributed by atoms with E-state index < -0.39 is 10.8 Å². The molecule has 0 saturated carbocycles. The van der Waals surface area contributed by atoms with E-state index in [1.165, 1.54) is 66.8 Å². The Morgan fingerprint density at radius 3 is 1.28 bits per heavy atom. The van der Waals surface area contributed by atoms with Gasteiger partial charge in [0, 0.05) is 22.4 Å². The molecule has 4 nitrogen and oxygen atoms in total. The summed E-state index contributed by atoms with van der Waals surface area (Å²) in [6.45, 7) is 0. The minimum absolute atomic E-state index is 0.635. The van der Waals surface area contributed by atoms with Crippen LogP contribution < -0.4 is 4.90 Å². The van der Waals surface area contributed by atoms with E-state index in [1.54, 1.807) is 0 Å². The second-order valence-corrected chi connectivity index (χ2v) is 18.2. The zero-order valence-corrected chi connectivity index (χ0v) is 37.5. The topological polar surface area (TPSA) is 41.9 Å². The Hall–Kier alpha value is -8.99. The molecule has 1 spiro atoms. The molecule has 1 unspecified atom stereocenters. The smallest absolute Gasteiger partial charge is 0.164 e. The summed E-state index contributed by atoms with van der Waals surface area (Å²) in [5, 5.41) is 0. The van der Waals surface area contributed by atoms with Gasteiger partial charge in [0.1, 0.15) is 0 Å². The van der Waals surface area contributed by atoms with Gasteiger partial charge in [0.25, 0.3) is 0 Å². The summed E-state index contributed by atoms with van der Waals surface area (Å²) in [4.78, 5) is 18.0. The highest BCUT2D eigenvalue weighted by molar-refractivity contribution is 5.99. The fourth-order valence-corrected chi connectivity index (χ4v) is 12.0. The molecule has 2 heterocycles. The third kappa shape index (κ3) is 5.60. The predicted octanol–water partition coefficient (Wildman–Crippen LogP) is 15.4. The molecule has 11 aromatic rings. The Kier molecular flexibility index (Phi) is 8.68. The lowest BCUT2D eigenvalue weighted by molar-refractivity contribution is 0.728. The number of hydrogen-bond donors (Lipinski definition) is 0. The number of hydrogen-bond acceptors (Lipinski definition) is 4. The number of aromatic nitrogens is 3. The van der Waals surface area contributed by atoms with Crippen molar-refractivity contribution in [2.24, 2.45) is 0 Å². The lowest BCUT2D eigenvalue weighted by Gasteiger charge is -2.47. The van der Waals surface area contributed by atoms with Gasteiger partial charge in [-0.1, -0.05) is 218 Å². The molecule has 4 heteroatoms. The van der Waals surface area contributed by atoms with E-state index in [1.807, 2.05) is 36.4 Å². The highest BCUT2D eigenvalue weighted by Gasteiger charge is 2.54. The summed E-state index contributed by atoms with van der Waals surface area (Å²) < 4.78 is 0. The second-order valence-electron chi connectivity index (χ2n) is 18.2. The highest BCUT2D eigenvalue weighted by Crippen LogP contribution is 2.66. The average Bonchev–Trinajstić information content (AvgIpc) is 3.89. The summed E-state index contributed by atoms with van der Waals surface area (Å²) in [5.41, 5.74) is 19.8. The second kappa shape index (κ2) is 15.3. The molecular weight excluding hydrogens is 837 g/mol. The maximum atomic E-state index is 5.24. The molecule has 0 N–H and O–H groups in total. The molecule has 1 aliphatic heterocycles. The normalized spacial score (nSPS) is 15.4. The van der Waals surface area contributed by atoms with Gasteiger partial charge in [0.05, 0.1) is 22.2 Å². The number of anilines is 3. The maximum absolute atomic E-state index is 5.24. The van der Waals surface area contributed by atoms with Crippen molar-refractivity contribution in [3.8, 4) is 56.4 Å². The quantitative estimate of drug-likeness (QED) is 0.167. The Morgan fingerprint density at radius 1 is 0.261 bits per heavy atom. The van der Waals surface area contributed by atoms with Gasteiger partial charge in [-0.15, -0.1) is 0 Å². The van der Waals surface area contributed by atoms with Crippen molar-refractivity contribution in [3.05, 3.63) is 299 Å². The fourth-order valence-electron chi connectivity index (χ4n) is 12.0. The van der Waals surface area contributed by atoms with Crippen molar-refractivity contribution in [2.45, 2.75) is 10.8 Å². The lowest BCUT2D eigenvalue weighted by Crippen LogP contribution is -2.38. The van der Waals surface area contributed by atoms with Crippen molar-refractivity contribution in [2.75, 3.05) is 4.90 Å². The minimum atomic E-state index is -0.665. The maximum Gasteiger partial charge on any atom is 0.164 e. The molecule has 0 radical (unpaired) electrons. The van der Waals surface area contributed by atoms with Crippen molar-refractivity contribution in [3.63, 3.8) is 0 Å². The molecule has 10 aromatic carbocycles. The van der Waals surface area contributed by atoms with Crippen LogP contribution in [-0.4, -0.2) is 15.0 Å². The lowest BCUT2D eigenvalue weighted by atomic mass is 9.61. The van der Waals surface area contributed by atoms with E-state index in [0.29, 0.717) is 17.5 Å². The van der Waals surface area contributed by atoms with Gasteiger partial charge in [-0.25, -0.2) is 15.0 Å². The Labute approximate surface area is 401 Å². The number of benzene rings is 10. The van der Waals surface area contributed by atoms with Crippen molar-refractivity contribution >= 4 is 17.1 Å². The first-order chi connectivity index (χ1) is 34.2. The first-order valence-electron chi connectivity index (χ1n) is 23.7. The molecule has 14 rings (SSSR count). The van der Waals surface area contributed by atoms with Crippen LogP contribution in [0.15, 0.2) is 255 Å². The van der Waals surface area contributed by atoms with Crippen molar-refractivity contribution in [1.82, 2.24) is 15.0 Å². The highest BCUT2D eigenvalue weighted by atomic mass is 15.2. The van der Waals surface area contributed by atoms with Crippen LogP contribution >= 0.6 is 0 Å². The standard InChI is InChI=1S/C65H42N4/c1-6-22-43(23-7-1)61-66-62(44-24-8-2-9-25-44)68-63(67-61)45-38-39-51-49-32-16-18-34-53(49)65(56(51)40-45)54-35-19-17-33-50(54)52-41-58-60(42-57(52)65)69(48-30-14-5-15-31-48)59-37-21-20-36-55(59)64(58,46-26-10-3-11-27-46)47-28-12-4-13-29-47/h1-42H. The van der Waals surface area contributed by atoms with E-state index in [-0.39, 0.29) is 0 Å². The molecular formula is C65H42N4. The van der Waals surface area contributed by atoms with Gasteiger partial charge in [-0.2, -0.15) is 0 Å². The summed E-state index contributed by atoms with van der Waals surface area (Å²) in [6.07, 6.45) is 0. The molecule has 1 atom stereocenters. The van der Waals surface area contributed by atoms with Crippen molar-refractivity contribution in [1.29, 1.82) is 0 Å². The zero-order valence-electron chi connectivity index (χ0n) is 37.5. The van der Waals surface area contributed by atoms with Gasteiger partial charge in [-0.3, -0.25) is 0 Å². The number of fused-ring (bicyclic) bond motifs is 12. The molecule has 0 saturated heterocycles. The van der Waals surface area contributed by atoms with Crippen molar-refractivity contribution < 1.29 is 0 Å². The van der Waals surface area contributed by atoms with Crippen LogP contribution in [-0.2, 0) is 10.8 Å². The molecule has 0 bridgehead atoms. The van der Waals surface area contributed by atoms with E-state index in [4.69, 9.17) is 15.0 Å². The molecule has 0 amide bonds. The van der Waals surface area contributed by atoms with Gasteiger partial charge < -0.3 is 4.90 Å². The summed E-state index contributed by atoms with van der Waals surface area (Å²) in [7, 11) is 0. The largest absolute Gasteiger partial charge is 0.310 e. The van der Waals surface area contributed by atoms with Crippen LogP contribution in [0, 0.1) is 0 Å². The molecule has 0 fully saturated rings. The Morgan fingerprint density at radius 2 is 0.696 bits per heavy atom. The van der Waals surface area contributed by atoms with E-state index in [9.17, 15) is 0 Å². The fraction of sp³-hybridized carbons (Fsp3) is 0.0308. The molecule has 1 aromatic heterocycles.